The van der Waals surface area contributed by atoms with Crippen LogP contribution in [0.3, 0.4) is 0 Å². The number of aromatic nitrogens is 1. The Morgan fingerprint density at radius 1 is 1.17 bits per heavy atom. The van der Waals surface area contributed by atoms with Gasteiger partial charge in [-0.15, -0.1) is 0 Å². The molecule has 4 rings (SSSR count). The number of anilines is 3. The fraction of sp³-hybridized carbons (Fsp3) is 0.355. The number of ether oxygens (including phenoxy) is 2. The van der Waals surface area contributed by atoms with Crippen LogP contribution in [0.1, 0.15) is 42.6 Å². The molecule has 11 heteroatoms. The number of carbonyl (C=O) groups is 1. The van der Waals surface area contributed by atoms with Crippen molar-refractivity contribution in [1.82, 2.24) is 9.88 Å². The molecule has 1 amide bonds. The van der Waals surface area contributed by atoms with Gasteiger partial charge in [0.25, 0.3) is 0 Å². The Hall–Kier alpha value is -4.51. The Labute approximate surface area is 251 Å². The zero-order chi connectivity index (χ0) is 30.1. The number of nitrogens with zero attached hydrogens (tertiary/aromatic N) is 4. The molecule has 2 atom stereocenters. The van der Waals surface area contributed by atoms with Crippen LogP contribution in [0.5, 0.6) is 11.5 Å². The zero-order valence-electron chi connectivity index (χ0n) is 23.9. The smallest absolute Gasteiger partial charge is 0.224 e. The second-order valence-corrected chi connectivity index (χ2v) is 10.6. The highest BCUT2D eigenvalue weighted by Gasteiger charge is 2.31. The van der Waals surface area contributed by atoms with Crippen molar-refractivity contribution >= 4 is 34.6 Å². The summed E-state index contributed by atoms with van der Waals surface area (Å²) >= 11 is 6.56. The lowest BCUT2D eigenvalue weighted by molar-refractivity contribution is -0.116. The number of hydrogen-bond acceptors (Lipinski definition) is 9. The van der Waals surface area contributed by atoms with Crippen LogP contribution >= 0.6 is 11.6 Å². The average molecular weight is 588 g/mol. The van der Waals surface area contributed by atoms with Crippen LogP contribution in [0.15, 0.2) is 48.7 Å². The number of nitrogens with one attached hydrogen (secondary N) is 3. The molecule has 3 aromatic rings. The third kappa shape index (κ3) is 7.82. The molecule has 10 nitrogen and oxygen atoms in total. The standard InChI is InChI=1S/C31H34ClN7O3/c1-4-41-29-15-26-24(14-27(29)38-30(40)6-5-11-39(2)3)31(21(17-34)18-36-26)37-22-7-8-28(25(32)13-22)42-19-23-12-20(16-33)9-10-35-23/h7-10,12-15,21,31,36-37H,4-6,11,18-19H2,1-3H3,(H,38,40). The van der Waals surface area contributed by atoms with Crippen molar-refractivity contribution in [3.63, 3.8) is 0 Å². The fourth-order valence-electron chi connectivity index (χ4n) is 4.67. The molecule has 1 aliphatic heterocycles. The normalized spacial score (nSPS) is 15.5. The number of benzene rings is 2. The summed E-state index contributed by atoms with van der Waals surface area (Å²) in [6.45, 7) is 3.74. The first-order valence-electron chi connectivity index (χ1n) is 13.7. The van der Waals surface area contributed by atoms with Crippen molar-refractivity contribution < 1.29 is 14.3 Å². The molecule has 42 heavy (non-hydrogen) atoms. The van der Waals surface area contributed by atoms with Crippen molar-refractivity contribution in [2.45, 2.75) is 32.4 Å². The lowest BCUT2D eigenvalue weighted by Crippen LogP contribution is -2.31. The molecule has 2 unspecified atom stereocenters. The molecule has 1 aromatic heterocycles. The predicted octanol–water partition coefficient (Wildman–Crippen LogP) is 5.58. The van der Waals surface area contributed by atoms with Crippen molar-refractivity contribution in [2.75, 3.05) is 49.7 Å². The van der Waals surface area contributed by atoms with Gasteiger partial charge in [0.1, 0.15) is 18.1 Å². The van der Waals surface area contributed by atoms with Crippen LogP contribution in [0.2, 0.25) is 5.02 Å². The first-order valence-corrected chi connectivity index (χ1v) is 14.1. The van der Waals surface area contributed by atoms with Gasteiger partial charge in [0, 0.05) is 42.2 Å². The highest BCUT2D eigenvalue weighted by atomic mass is 35.5. The minimum Gasteiger partial charge on any atom is -0.492 e. The lowest BCUT2D eigenvalue weighted by atomic mass is 9.88. The van der Waals surface area contributed by atoms with Crippen molar-refractivity contribution in [2.24, 2.45) is 5.92 Å². The summed E-state index contributed by atoms with van der Waals surface area (Å²) in [5.41, 5.74) is 4.05. The average Bonchev–Trinajstić information content (AvgIpc) is 2.97. The Bertz CT molecular complexity index is 1500. The molecule has 0 saturated heterocycles. The third-order valence-electron chi connectivity index (χ3n) is 6.73. The number of fused-ring (bicyclic) bond motifs is 1. The van der Waals surface area contributed by atoms with Crippen LogP contribution in [0.25, 0.3) is 0 Å². The second-order valence-electron chi connectivity index (χ2n) is 10.1. The van der Waals surface area contributed by atoms with E-state index in [4.69, 9.17) is 26.3 Å². The van der Waals surface area contributed by atoms with Crippen molar-refractivity contribution in [3.8, 4) is 23.6 Å². The number of pyridine rings is 1. The lowest BCUT2D eigenvalue weighted by Gasteiger charge is -2.33. The Morgan fingerprint density at radius 3 is 2.71 bits per heavy atom. The van der Waals surface area contributed by atoms with Gasteiger partial charge in [-0.1, -0.05) is 11.6 Å². The summed E-state index contributed by atoms with van der Waals surface area (Å²) in [7, 11) is 3.95. The SMILES string of the molecule is CCOc1cc2c(cc1NC(=O)CCCN(C)C)C(Nc1ccc(OCc3cc(C#N)ccn3)c(Cl)c1)C(C#N)CN2. The molecular formula is C31H34ClN7O3. The molecule has 2 heterocycles. The fourth-order valence-corrected chi connectivity index (χ4v) is 4.90. The molecule has 3 N–H and O–H groups in total. The summed E-state index contributed by atoms with van der Waals surface area (Å²) in [6, 6.07) is 16.5. The number of rotatable bonds is 12. The number of halogens is 1. The van der Waals surface area contributed by atoms with E-state index in [0.717, 1.165) is 24.2 Å². The van der Waals surface area contributed by atoms with Gasteiger partial charge >= 0.3 is 0 Å². The number of hydrogen-bond donors (Lipinski definition) is 3. The molecule has 0 saturated carbocycles. The Balaban J connectivity index is 1.54. The van der Waals surface area contributed by atoms with E-state index in [0.29, 0.717) is 58.7 Å². The van der Waals surface area contributed by atoms with Crippen LogP contribution in [-0.2, 0) is 11.4 Å². The van der Waals surface area contributed by atoms with E-state index in [1.807, 2.05) is 44.1 Å². The van der Waals surface area contributed by atoms with E-state index in [-0.39, 0.29) is 18.6 Å². The largest absolute Gasteiger partial charge is 0.492 e. The molecular weight excluding hydrogens is 554 g/mol. The molecule has 2 aromatic carbocycles. The van der Waals surface area contributed by atoms with Crippen LogP contribution < -0.4 is 25.4 Å². The summed E-state index contributed by atoms with van der Waals surface area (Å²) < 4.78 is 11.7. The summed E-state index contributed by atoms with van der Waals surface area (Å²) in [6.07, 6.45) is 2.68. The molecule has 0 radical (unpaired) electrons. The molecule has 1 aliphatic rings. The zero-order valence-corrected chi connectivity index (χ0v) is 24.7. The van der Waals surface area contributed by atoms with E-state index in [9.17, 15) is 10.1 Å². The maximum atomic E-state index is 12.7. The van der Waals surface area contributed by atoms with Gasteiger partial charge in [0.05, 0.1) is 52.7 Å². The summed E-state index contributed by atoms with van der Waals surface area (Å²) in [5.74, 6) is 0.541. The summed E-state index contributed by atoms with van der Waals surface area (Å²) in [5, 5.41) is 29.3. The first-order chi connectivity index (χ1) is 20.3. The number of nitriles is 2. The van der Waals surface area contributed by atoms with Gasteiger partial charge in [0.2, 0.25) is 5.91 Å². The molecule has 0 bridgehead atoms. The minimum absolute atomic E-state index is 0.0974. The van der Waals surface area contributed by atoms with E-state index in [2.05, 4.69) is 33.1 Å². The quantitative estimate of drug-likeness (QED) is 0.248. The van der Waals surface area contributed by atoms with Gasteiger partial charge in [-0.05, 0) is 70.4 Å². The second kappa shape index (κ2) is 14.4. The highest BCUT2D eigenvalue weighted by Crippen LogP contribution is 2.42. The minimum atomic E-state index is -0.396. The topological polar surface area (TPSA) is 135 Å². The van der Waals surface area contributed by atoms with Crippen LogP contribution in [0.4, 0.5) is 17.1 Å². The van der Waals surface area contributed by atoms with Crippen LogP contribution in [0, 0.1) is 28.6 Å². The van der Waals surface area contributed by atoms with Gasteiger partial charge in [-0.3, -0.25) is 9.78 Å². The van der Waals surface area contributed by atoms with E-state index in [1.54, 1.807) is 30.5 Å². The maximum absolute atomic E-state index is 12.7. The number of carbonyl (C=O) groups excluding carboxylic acids is 1. The maximum Gasteiger partial charge on any atom is 0.224 e. The van der Waals surface area contributed by atoms with E-state index in [1.165, 1.54) is 0 Å². The Kier molecular flexibility index (Phi) is 10.4. The third-order valence-corrected chi connectivity index (χ3v) is 7.02. The summed E-state index contributed by atoms with van der Waals surface area (Å²) in [4.78, 5) is 19.0. The highest BCUT2D eigenvalue weighted by molar-refractivity contribution is 6.32. The van der Waals surface area contributed by atoms with Gasteiger partial charge in [-0.2, -0.15) is 10.5 Å². The van der Waals surface area contributed by atoms with E-state index >= 15 is 0 Å². The number of amides is 1. The molecule has 0 aliphatic carbocycles. The predicted molar refractivity (Wildman–Crippen MR) is 163 cm³/mol. The Morgan fingerprint density at radius 2 is 2.00 bits per heavy atom. The molecule has 0 spiro atoms. The van der Waals surface area contributed by atoms with Crippen molar-refractivity contribution in [1.29, 1.82) is 10.5 Å². The first kappa shape index (κ1) is 30.4. The van der Waals surface area contributed by atoms with Gasteiger partial charge in [-0.25, -0.2) is 0 Å². The van der Waals surface area contributed by atoms with E-state index < -0.39 is 5.92 Å². The van der Waals surface area contributed by atoms with Crippen molar-refractivity contribution in [3.05, 3.63) is 70.5 Å². The van der Waals surface area contributed by atoms with Crippen LogP contribution in [-0.4, -0.2) is 49.6 Å². The monoisotopic (exact) mass is 587 g/mol. The molecule has 0 fully saturated rings. The molecule has 218 valence electrons. The van der Waals surface area contributed by atoms with Gasteiger partial charge < -0.3 is 30.3 Å². The van der Waals surface area contributed by atoms with Gasteiger partial charge in [0.15, 0.2) is 0 Å².